The van der Waals surface area contributed by atoms with Crippen molar-refractivity contribution in [3.05, 3.63) is 182 Å². The van der Waals surface area contributed by atoms with Gasteiger partial charge in [-0.05, 0) is 54.1 Å². The lowest BCUT2D eigenvalue weighted by atomic mass is 10.0. The highest BCUT2D eigenvalue weighted by molar-refractivity contribution is 6.14. The van der Waals surface area contributed by atoms with Gasteiger partial charge >= 0.3 is 0 Å². The lowest BCUT2D eigenvalue weighted by Crippen LogP contribution is -2.01. The van der Waals surface area contributed by atoms with Gasteiger partial charge in [-0.15, -0.1) is 0 Å². The molecule has 0 aliphatic rings. The summed E-state index contributed by atoms with van der Waals surface area (Å²) < 4.78 is 15.0. The number of hydrogen-bond donors (Lipinski definition) is 0. The molecule has 6 heteroatoms. The van der Waals surface area contributed by atoms with E-state index in [-0.39, 0.29) is 0 Å². The Morgan fingerprint density at radius 3 is 1.84 bits per heavy atom. The highest BCUT2D eigenvalue weighted by Crippen LogP contribution is 2.40. The van der Waals surface area contributed by atoms with Gasteiger partial charge in [-0.25, -0.2) is 15.0 Å². The molecule has 8 aromatic carbocycles. The van der Waals surface area contributed by atoms with E-state index in [4.69, 9.17) is 23.8 Å². The summed E-state index contributed by atoms with van der Waals surface area (Å²) in [6.45, 7) is 0. The quantitative estimate of drug-likeness (QED) is 0.176. The molecule has 0 bridgehead atoms. The van der Waals surface area contributed by atoms with Gasteiger partial charge < -0.3 is 13.4 Å². The van der Waals surface area contributed by atoms with Crippen molar-refractivity contribution in [3.63, 3.8) is 0 Å². The normalized spacial score (nSPS) is 11.9. The second-order valence-electron chi connectivity index (χ2n) is 14.4. The van der Waals surface area contributed by atoms with Crippen LogP contribution in [0.25, 0.3) is 117 Å². The molecule has 4 heterocycles. The van der Waals surface area contributed by atoms with Crippen LogP contribution in [0, 0.1) is 0 Å². The van der Waals surface area contributed by atoms with Crippen molar-refractivity contribution in [3.8, 4) is 51.0 Å². The van der Waals surface area contributed by atoms with Crippen LogP contribution in [0.2, 0.25) is 0 Å². The van der Waals surface area contributed by atoms with Crippen LogP contribution in [0.15, 0.2) is 191 Å². The standard InChI is InChI=1S/C51H30N4O2/c1-2-13-31(14-3-1)49-52-50(54-51(53-49)40-22-12-26-46-47(40)39-19-6-9-25-45(39)56-46)33-15-10-16-34(29-33)55-42-23-7-4-17-36(42)41-30-32(27-28-43(41)55)35-20-11-21-38-37-18-5-8-24-44(37)57-48(35)38/h1-30H. The first kappa shape index (κ1) is 31.5. The van der Waals surface area contributed by atoms with Crippen molar-refractivity contribution in [2.45, 2.75) is 0 Å². The number of rotatable bonds is 5. The van der Waals surface area contributed by atoms with Gasteiger partial charge in [0, 0.05) is 60.3 Å². The van der Waals surface area contributed by atoms with E-state index in [0.29, 0.717) is 17.5 Å². The van der Waals surface area contributed by atoms with Gasteiger partial charge in [0.05, 0.1) is 11.0 Å². The molecule has 0 saturated carbocycles. The van der Waals surface area contributed by atoms with E-state index in [2.05, 4.69) is 114 Å². The average Bonchev–Trinajstić information content (AvgIpc) is 3.96. The summed E-state index contributed by atoms with van der Waals surface area (Å²) >= 11 is 0. The molecule has 4 aromatic heterocycles. The fraction of sp³-hybridized carbons (Fsp3) is 0. The molecular formula is C51H30N4O2. The molecule has 57 heavy (non-hydrogen) atoms. The highest BCUT2D eigenvalue weighted by atomic mass is 16.3. The van der Waals surface area contributed by atoms with Crippen LogP contribution >= 0.6 is 0 Å². The van der Waals surface area contributed by atoms with E-state index in [1.165, 1.54) is 5.39 Å². The van der Waals surface area contributed by atoms with Gasteiger partial charge in [-0.3, -0.25) is 0 Å². The maximum atomic E-state index is 6.45. The first-order valence-corrected chi connectivity index (χ1v) is 19.0. The predicted molar refractivity (Wildman–Crippen MR) is 230 cm³/mol. The maximum absolute atomic E-state index is 6.45. The zero-order valence-corrected chi connectivity index (χ0v) is 30.4. The largest absolute Gasteiger partial charge is 0.456 e. The Kier molecular flexibility index (Phi) is 6.83. The second kappa shape index (κ2) is 12.3. The topological polar surface area (TPSA) is 69.9 Å². The molecule has 0 atom stereocenters. The van der Waals surface area contributed by atoms with E-state index in [0.717, 1.165) is 93.8 Å². The van der Waals surface area contributed by atoms with Gasteiger partial charge in [0.1, 0.15) is 22.3 Å². The van der Waals surface area contributed by atoms with Crippen LogP contribution in [0.1, 0.15) is 0 Å². The number of aromatic nitrogens is 4. The molecule has 0 N–H and O–H groups in total. The van der Waals surface area contributed by atoms with Crippen molar-refractivity contribution < 1.29 is 8.83 Å². The van der Waals surface area contributed by atoms with Gasteiger partial charge in [0.15, 0.2) is 17.5 Å². The van der Waals surface area contributed by atoms with Crippen molar-refractivity contribution >= 4 is 65.7 Å². The van der Waals surface area contributed by atoms with Crippen molar-refractivity contribution in [1.82, 2.24) is 19.5 Å². The number of hydrogen-bond acceptors (Lipinski definition) is 5. The van der Waals surface area contributed by atoms with E-state index < -0.39 is 0 Å². The Morgan fingerprint density at radius 2 is 0.965 bits per heavy atom. The lowest BCUT2D eigenvalue weighted by Gasteiger charge is -2.12. The zero-order chi connectivity index (χ0) is 37.5. The molecule has 0 saturated heterocycles. The molecule has 0 unspecified atom stereocenters. The summed E-state index contributed by atoms with van der Waals surface area (Å²) in [6.07, 6.45) is 0. The van der Waals surface area contributed by atoms with Crippen LogP contribution in [0.3, 0.4) is 0 Å². The Bertz CT molecular complexity index is 3540. The Labute approximate surface area is 325 Å². The Morgan fingerprint density at radius 1 is 0.351 bits per heavy atom. The minimum Gasteiger partial charge on any atom is -0.456 e. The van der Waals surface area contributed by atoms with Gasteiger partial charge in [-0.1, -0.05) is 133 Å². The summed E-state index contributed by atoms with van der Waals surface area (Å²) in [7, 11) is 0. The summed E-state index contributed by atoms with van der Waals surface area (Å²) in [5.41, 5.74) is 11.5. The molecule has 0 spiro atoms. The molecule has 0 radical (unpaired) electrons. The van der Waals surface area contributed by atoms with Crippen LogP contribution in [0.4, 0.5) is 0 Å². The molecule has 0 aliphatic carbocycles. The van der Waals surface area contributed by atoms with E-state index >= 15 is 0 Å². The van der Waals surface area contributed by atoms with Gasteiger partial charge in [0.25, 0.3) is 0 Å². The Balaban J connectivity index is 1.03. The van der Waals surface area contributed by atoms with Crippen molar-refractivity contribution in [2.24, 2.45) is 0 Å². The van der Waals surface area contributed by atoms with Crippen LogP contribution in [-0.4, -0.2) is 19.5 Å². The van der Waals surface area contributed by atoms with Crippen molar-refractivity contribution in [2.75, 3.05) is 0 Å². The SMILES string of the molecule is c1ccc(-c2nc(-c3cccc(-n4c5ccccc5c5cc(-c6cccc7c6oc6ccccc67)ccc54)c3)nc(-c3cccc4oc5ccccc5c34)n2)cc1. The highest BCUT2D eigenvalue weighted by Gasteiger charge is 2.20. The summed E-state index contributed by atoms with van der Waals surface area (Å²) in [5.74, 6) is 1.78. The first-order chi connectivity index (χ1) is 28.2. The lowest BCUT2D eigenvalue weighted by molar-refractivity contribution is 0.669. The third-order valence-corrected chi connectivity index (χ3v) is 11.1. The summed E-state index contributed by atoms with van der Waals surface area (Å²) in [6, 6.07) is 62.7. The third-order valence-electron chi connectivity index (χ3n) is 11.1. The average molecular weight is 731 g/mol. The van der Waals surface area contributed by atoms with Crippen LogP contribution in [0.5, 0.6) is 0 Å². The molecule has 12 rings (SSSR count). The zero-order valence-electron chi connectivity index (χ0n) is 30.4. The van der Waals surface area contributed by atoms with E-state index in [1.54, 1.807) is 0 Å². The monoisotopic (exact) mass is 730 g/mol. The molecule has 6 nitrogen and oxygen atoms in total. The molecular weight excluding hydrogens is 701 g/mol. The third kappa shape index (κ3) is 4.94. The van der Waals surface area contributed by atoms with Gasteiger partial charge in [0.2, 0.25) is 0 Å². The van der Waals surface area contributed by atoms with Crippen molar-refractivity contribution in [1.29, 1.82) is 0 Å². The van der Waals surface area contributed by atoms with E-state index in [1.807, 2.05) is 72.8 Å². The van der Waals surface area contributed by atoms with Crippen LogP contribution in [-0.2, 0) is 0 Å². The minimum absolute atomic E-state index is 0.588. The fourth-order valence-corrected chi connectivity index (χ4v) is 8.48. The molecule has 266 valence electrons. The first-order valence-electron chi connectivity index (χ1n) is 19.0. The predicted octanol–water partition coefficient (Wildman–Crippen LogP) is 13.4. The molecule has 0 aliphatic heterocycles. The van der Waals surface area contributed by atoms with Gasteiger partial charge in [-0.2, -0.15) is 0 Å². The number of furan rings is 2. The maximum Gasteiger partial charge on any atom is 0.164 e. The molecule has 0 amide bonds. The van der Waals surface area contributed by atoms with Crippen LogP contribution < -0.4 is 0 Å². The number of para-hydroxylation sites is 4. The molecule has 0 fully saturated rings. The number of nitrogens with zero attached hydrogens (tertiary/aromatic N) is 4. The number of fused-ring (bicyclic) bond motifs is 9. The smallest absolute Gasteiger partial charge is 0.164 e. The number of benzene rings is 8. The summed E-state index contributed by atoms with van der Waals surface area (Å²) in [4.78, 5) is 15.4. The molecule has 12 aromatic rings. The fourth-order valence-electron chi connectivity index (χ4n) is 8.48. The second-order valence-corrected chi connectivity index (χ2v) is 14.4. The minimum atomic E-state index is 0.588. The Hall–Kier alpha value is -7.83. The summed E-state index contributed by atoms with van der Waals surface area (Å²) in [5, 5.41) is 6.59. The van der Waals surface area contributed by atoms with E-state index in [9.17, 15) is 0 Å².